The molecule has 1 rings (SSSR count). The first-order valence-corrected chi connectivity index (χ1v) is 5.42. The zero-order valence-electron chi connectivity index (χ0n) is 10.6. The van der Waals surface area contributed by atoms with Gasteiger partial charge in [-0.1, -0.05) is 0 Å². The molecule has 0 radical (unpaired) electrons. The topological polar surface area (TPSA) is 83.7 Å². The molecule has 1 aromatic rings. The number of benzene rings is 1. The van der Waals surface area contributed by atoms with Gasteiger partial charge in [-0.2, -0.15) is 0 Å². The van der Waals surface area contributed by atoms with Gasteiger partial charge < -0.3 is 10.0 Å². The van der Waals surface area contributed by atoms with Crippen LogP contribution in [0.3, 0.4) is 0 Å². The average Bonchev–Trinajstić information content (AvgIpc) is 2.36. The molecule has 0 bridgehead atoms. The van der Waals surface area contributed by atoms with E-state index in [9.17, 15) is 20.0 Å². The van der Waals surface area contributed by atoms with Crippen molar-refractivity contribution in [1.82, 2.24) is 0 Å². The molecule has 0 aromatic heterocycles. The van der Waals surface area contributed by atoms with Gasteiger partial charge in [-0.3, -0.25) is 14.9 Å². The van der Waals surface area contributed by atoms with Crippen molar-refractivity contribution in [3.63, 3.8) is 0 Å². The molecule has 0 aliphatic heterocycles. The van der Waals surface area contributed by atoms with E-state index >= 15 is 0 Å². The summed E-state index contributed by atoms with van der Waals surface area (Å²) in [7, 11) is 1.76. The summed E-state index contributed by atoms with van der Waals surface area (Å²) in [6, 6.07) is 4.30. The molecule has 0 aliphatic carbocycles. The number of anilines is 1. The van der Waals surface area contributed by atoms with Crippen molar-refractivity contribution in [3.8, 4) is 0 Å². The maximum atomic E-state index is 10.9. The van der Waals surface area contributed by atoms with Crippen molar-refractivity contribution in [2.75, 3.05) is 18.6 Å². The predicted octanol–water partition coefficient (Wildman–Crippen LogP) is 1.61. The average molecular weight is 252 g/mol. The molecule has 98 valence electrons. The number of aliphatic hydroxyl groups excluding tert-OH is 1. The molecule has 0 saturated carbocycles. The predicted molar refractivity (Wildman–Crippen MR) is 68.1 cm³/mol. The Morgan fingerprint density at radius 3 is 2.56 bits per heavy atom. The van der Waals surface area contributed by atoms with Crippen LogP contribution in [0.25, 0.3) is 0 Å². The molecule has 1 aromatic carbocycles. The third-order valence-corrected chi connectivity index (χ3v) is 3.02. The Morgan fingerprint density at radius 1 is 1.50 bits per heavy atom. The van der Waals surface area contributed by atoms with E-state index in [4.69, 9.17) is 0 Å². The Morgan fingerprint density at radius 2 is 2.11 bits per heavy atom. The monoisotopic (exact) mass is 252 g/mol. The number of aliphatic hydroxyl groups is 1. The Labute approximate surface area is 105 Å². The van der Waals surface area contributed by atoms with Gasteiger partial charge in [0.15, 0.2) is 6.29 Å². The highest BCUT2D eigenvalue weighted by Crippen LogP contribution is 2.27. The summed E-state index contributed by atoms with van der Waals surface area (Å²) in [5, 5.41) is 20.0. The smallest absolute Gasteiger partial charge is 0.280 e. The maximum Gasteiger partial charge on any atom is 0.280 e. The van der Waals surface area contributed by atoms with Crippen LogP contribution in [-0.4, -0.2) is 35.5 Å². The summed E-state index contributed by atoms with van der Waals surface area (Å²) in [5.74, 6) is 0. The first-order valence-electron chi connectivity index (χ1n) is 5.42. The molecule has 0 heterocycles. The molecule has 0 aliphatic rings. The van der Waals surface area contributed by atoms with Crippen LogP contribution >= 0.6 is 0 Å². The van der Waals surface area contributed by atoms with Crippen LogP contribution in [0.5, 0.6) is 0 Å². The van der Waals surface area contributed by atoms with E-state index in [0.717, 1.165) is 0 Å². The zero-order chi connectivity index (χ0) is 13.9. The van der Waals surface area contributed by atoms with Crippen LogP contribution < -0.4 is 4.90 Å². The summed E-state index contributed by atoms with van der Waals surface area (Å²) < 4.78 is 0. The molecule has 6 heteroatoms. The van der Waals surface area contributed by atoms with Gasteiger partial charge >= 0.3 is 0 Å². The molecule has 1 N–H and O–H groups in total. The van der Waals surface area contributed by atoms with Gasteiger partial charge in [-0.15, -0.1) is 0 Å². The number of carbonyl (C=O) groups excluding carboxylic acids is 1. The number of likely N-dealkylation sites (N-methyl/N-ethyl adjacent to an activating group) is 1. The number of nitrogens with zero attached hydrogens (tertiary/aromatic N) is 2. The van der Waals surface area contributed by atoms with Crippen LogP contribution in [0.1, 0.15) is 24.2 Å². The van der Waals surface area contributed by atoms with Crippen molar-refractivity contribution in [2.24, 2.45) is 0 Å². The minimum Gasteiger partial charge on any atom is -0.394 e. The SMILES string of the molecule is CN(c1ccc([N+](=O)[O-])c(C=O)c1)C(C)(C)CO. The lowest BCUT2D eigenvalue weighted by Gasteiger charge is -2.35. The molecule has 0 amide bonds. The van der Waals surface area contributed by atoms with E-state index in [2.05, 4.69) is 0 Å². The van der Waals surface area contributed by atoms with Gasteiger partial charge in [0, 0.05) is 18.8 Å². The number of hydrogen-bond acceptors (Lipinski definition) is 5. The Hall–Kier alpha value is -1.95. The van der Waals surface area contributed by atoms with Crippen molar-refractivity contribution in [1.29, 1.82) is 0 Å². The summed E-state index contributed by atoms with van der Waals surface area (Å²) >= 11 is 0. The highest BCUT2D eigenvalue weighted by atomic mass is 16.6. The molecule has 0 spiro atoms. The lowest BCUT2D eigenvalue weighted by Crippen LogP contribution is -2.44. The van der Waals surface area contributed by atoms with Crippen molar-refractivity contribution >= 4 is 17.7 Å². The molecule has 18 heavy (non-hydrogen) atoms. The maximum absolute atomic E-state index is 10.9. The number of rotatable bonds is 5. The second-order valence-electron chi connectivity index (χ2n) is 4.65. The summed E-state index contributed by atoms with van der Waals surface area (Å²) in [4.78, 5) is 22.7. The van der Waals surface area contributed by atoms with E-state index in [1.165, 1.54) is 12.1 Å². The summed E-state index contributed by atoms with van der Waals surface area (Å²) in [6.45, 7) is 3.58. The Balaban J connectivity index is 3.21. The summed E-state index contributed by atoms with van der Waals surface area (Å²) in [6.07, 6.45) is 0.460. The molecule has 0 saturated heterocycles. The minimum atomic E-state index is -0.593. The normalized spacial score (nSPS) is 11.1. The molecule has 0 fully saturated rings. The number of hydrogen-bond donors (Lipinski definition) is 1. The number of nitro benzene ring substituents is 1. The van der Waals surface area contributed by atoms with E-state index in [1.54, 1.807) is 18.0 Å². The van der Waals surface area contributed by atoms with Crippen LogP contribution in [0.4, 0.5) is 11.4 Å². The Kier molecular flexibility index (Phi) is 4.03. The fourth-order valence-corrected chi connectivity index (χ4v) is 1.47. The van der Waals surface area contributed by atoms with Gasteiger partial charge in [0.2, 0.25) is 0 Å². The number of aldehydes is 1. The third kappa shape index (κ3) is 2.65. The lowest BCUT2D eigenvalue weighted by atomic mass is 10.0. The van der Waals surface area contributed by atoms with Gasteiger partial charge in [0.05, 0.1) is 22.6 Å². The van der Waals surface area contributed by atoms with E-state index in [-0.39, 0.29) is 17.9 Å². The van der Waals surface area contributed by atoms with E-state index < -0.39 is 10.5 Å². The molecule has 0 unspecified atom stereocenters. The van der Waals surface area contributed by atoms with Crippen LogP contribution in [0.2, 0.25) is 0 Å². The zero-order valence-corrected chi connectivity index (χ0v) is 10.6. The fourth-order valence-electron chi connectivity index (χ4n) is 1.47. The van der Waals surface area contributed by atoms with Gasteiger partial charge in [-0.25, -0.2) is 0 Å². The minimum absolute atomic E-state index is 0.0260. The van der Waals surface area contributed by atoms with Gasteiger partial charge in [0.25, 0.3) is 5.69 Å². The molecule has 6 nitrogen and oxygen atoms in total. The van der Waals surface area contributed by atoms with Crippen LogP contribution in [0.15, 0.2) is 18.2 Å². The molecular weight excluding hydrogens is 236 g/mol. The van der Waals surface area contributed by atoms with Gasteiger partial charge in [-0.05, 0) is 26.0 Å². The molecular formula is C12H16N2O4. The van der Waals surface area contributed by atoms with E-state index in [1.807, 2.05) is 13.8 Å². The fraction of sp³-hybridized carbons (Fsp3) is 0.417. The van der Waals surface area contributed by atoms with Gasteiger partial charge in [0.1, 0.15) is 0 Å². The second-order valence-corrected chi connectivity index (χ2v) is 4.65. The van der Waals surface area contributed by atoms with Crippen molar-refractivity contribution in [3.05, 3.63) is 33.9 Å². The largest absolute Gasteiger partial charge is 0.394 e. The van der Waals surface area contributed by atoms with E-state index in [0.29, 0.717) is 12.0 Å². The van der Waals surface area contributed by atoms with Crippen molar-refractivity contribution in [2.45, 2.75) is 19.4 Å². The number of nitro groups is 1. The highest BCUT2D eigenvalue weighted by molar-refractivity contribution is 5.83. The van der Waals surface area contributed by atoms with Crippen LogP contribution in [0, 0.1) is 10.1 Å². The first kappa shape index (κ1) is 14.1. The standard InChI is InChI=1S/C12H16N2O4/c1-12(2,8-16)13(3)10-4-5-11(14(17)18)9(6-10)7-15/h4-7,16H,8H2,1-3H3. The van der Waals surface area contributed by atoms with Crippen molar-refractivity contribution < 1.29 is 14.8 Å². The second kappa shape index (κ2) is 5.14. The highest BCUT2D eigenvalue weighted by Gasteiger charge is 2.24. The summed E-state index contributed by atoms with van der Waals surface area (Å²) in [5.41, 5.74) is -0.0696. The quantitative estimate of drug-likeness (QED) is 0.489. The third-order valence-electron chi connectivity index (χ3n) is 3.02. The lowest BCUT2D eigenvalue weighted by molar-refractivity contribution is -0.385. The first-order chi connectivity index (χ1) is 8.33. The Bertz CT molecular complexity index is 471. The number of carbonyl (C=O) groups is 1. The molecule has 0 atom stereocenters. The van der Waals surface area contributed by atoms with Crippen LogP contribution in [-0.2, 0) is 0 Å².